The number of nitrogens with zero attached hydrogens (tertiary/aromatic N) is 3. The summed E-state index contributed by atoms with van der Waals surface area (Å²) in [5.41, 5.74) is 1.19. The molecule has 0 aliphatic heterocycles. The van der Waals surface area contributed by atoms with E-state index >= 15 is 0 Å². The van der Waals surface area contributed by atoms with Gasteiger partial charge < -0.3 is 5.32 Å². The van der Waals surface area contributed by atoms with Crippen LogP contribution < -0.4 is 5.32 Å². The molecule has 0 saturated carbocycles. The lowest BCUT2D eigenvalue weighted by molar-refractivity contribution is -0.384. The van der Waals surface area contributed by atoms with Gasteiger partial charge in [0.25, 0.3) is 11.6 Å². The van der Waals surface area contributed by atoms with E-state index in [-0.39, 0.29) is 22.9 Å². The molecule has 7 nitrogen and oxygen atoms in total. The number of aromatic nitrogens is 2. The summed E-state index contributed by atoms with van der Waals surface area (Å²) in [6.45, 7) is 4.62. The number of carbonyl (C=O) groups is 1. The number of amides is 1. The van der Waals surface area contributed by atoms with Crippen LogP contribution in [0.2, 0.25) is 0 Å². The van der Waals surface area contributed by atoms with Crippen LogP contribution in [-0.4, -0.2) is 27.2 Å². The second-order valence-corrected chi connectivity index (χ2v) is 7.02. The van der Waals surface area contributed by atoms with E-state index in [0.717, 1.165) is 6.42 Å². The molecule has 0 aliphatic rings. The topological polar surface area (TPSA) is 90.1 Å². The molecule has 3 rings (SSSR count). The number of non-ortho nitro benzene ring substituents is 1. The highest BCUT2D eigenvalue weighted by Gasteiger charge is 2.19. The van der Waals surface area contributed by atoms with Crippen molar-refractivity contribution in [2.75, 3.05) is 6.54 Å². The summed E-state index contributed by atoms with van der Waals surface area (Å²) in [5, 5.41) is 18.1. The van der Waals surface area contributed by atoms with Crippen LogP contribution in [-0.2, 0) is 0 Å². The fourth-order valence-corrected chi connectivity index (χ4v) is 2.82. The highest BCUT2D eigenvalue weighted by atomic mass is 19.1. The van der Waals surface area contributed by atoms with Gasteiger partial charge in [-0.1, -0.05) is 26.0 Å². The molecule has 1 amide bonds. The summed E-state index contributed by atoms with van der Waals surface area (Å²) in [6.07, 6.45) is 0.817. The van der Waals surface area contributed by atoms with Gasteiger partial charge in [0.2, 0.25) is 0 Å². The van der Waals surface area contributed by atoms with Crippen molar-refractivity contribution in [3.05, 3.63) is 76.2 Å². The van der Waals surface area contributed by atoms with Crippen LogP contribution >= 0.6 is 0 Å². The van der Waals surface area contributed by atoms with Gasteiger partial charge in [0.1, 0.15) is 11.5 Å². The lowest BCUT2D eigenvalue weighted by Crippen LogP contribution is -2.27. The Morgan fingerprint density at radius 1 is 1.21 bits per heavy atom. The maximum Gasteiger partial charge on any atom is 0.270 e. The molecule has 1 heterocycles. The molecule has 29 heavy (non-hydrogen) atoms. The van der Waals surface area contributed by atoms with Gasteiger partial charge in [0.15, 0.2) is 0 Å². The van der Waals surface area contributed by atoms with Crippen LogP contribution in [0.4, 0.5) is 10.1 Å². The predicted molar refractivity (Wildman–Crippen MR) is 107 cm³/mol. The zero-order valence-electron chi connectivity index (χ0n) is 16.1. The number of nitro benzene ring substituents is 1. The van der Waals surface area contributed by atoms with Crippen molar-refractivity contribution in [2.24, 2.45) is 5.92 Å². The molecule has 0 saturated heterocycles. The SMILES string of the molecule is CC(C)CCNC(=O)c1cc(-c2ccccc2F)nn1-c1ccc([N+](=O)[O-])cc1. The number of benzene rings is 2. The van der Waals surface area contributed by atoms with Gasteiger partial charge in [-0.3, -0.25) is 14.9 Å². The van der Waals surface area contributed by atoms with E-state index in [0.29, 0.717) is 23.8 Å². The highest BCUT2D eigenvalue weighted by molar-refractivity contribution is 5.94. The van der Waals surface area contributed by atoms with E-state index in [1.165, 1.54) is 41.1 Å². The van der Waals surface area contributed by atoms with Gasteiger partial charge in [-0.2, -0.15) is 5.10 Å². The molecule has 2 aromatic carbocycles. The Morgan fingerprint density at radius 2 is 1.90 bits per heavy atom. The smallest absolute Gasteiger partial charge is 0.270 e. The van der Waals surface area contributed by atoms with Crippen LogP contribution in [0, 0.1) is 21.8 Å². The van der Waals surface area contributed by atoms with Crippen molar-refractivity contribution in [1.29, 1.82) is 0 Å². The Bertz CT molecular complexity index is 1030. The molecule has 3 aromatic rings. The number of rotatable bonds is 7. The summed E-state index contributed by atoms with van der Waals surface area (Å²) in [7, 11) is 0. The van der Waals surface area contributed by atoms with Gasteiger partial charge in [0, 0.05) is 24.2 Å². The average Bonchev–Trinajstić information content (AvgIpc) is 3.13. The van der Waals surface area contributed by atoms with Crippen molar-refractivity contribution in [3.63, 3.8) is 0 Å². The average molecular weight is 396 g/mol. The molecular formula is C21H21FN4O3. The molecule has 0 bridgehead atoms. The summed E-state index contributed by atoms with van der Waals surface area (Å²) < 4.78 is 15.6. The molecule has 1 aromatic heterocycles. The molecule has 0 aliphatic carbocycles. The number of hydrogen-bond donors (Lipinski definition) is 1. The molecule has 0 radical (unpaired) electrons. The van der Waals surface area contributed by atoms with Gasteiger partial charge in [-0.25, -0.2) is 9.07 Å². The van der Waals surface area contributed by atoms with Crippen LogP contribution in [0.3, 0.4) is 0 Å². The van der Waals surface area contributed by atoms with Gasteiger partial charge >= 0.3 is 0 Å². The second kappa shape index (κ2) is 8.64. The molecule has 8 heteroatoms. The maximum atomic E-state index is 14.2. The van der Waals surface area contributed by atoms with E-state index in [4.69, 9.17) is 0 Å². The number of nitro groups is 1. The Morgan fingerprint density at radius 3 is 2.52 bits per heavy atom. The largest absolute Gasteiger partial charge is 0.351 e. The van der Waals surface area contributed by atoms with Crippen molar-refractivity contribution in [3.8, 4) is 16.9 Å². The normalized spacial score (nSPS) is 10.9. The van der Waals surface area contributed by atoms with Gasteiger partial charge in [-0.15, -0.1) is 0 Å². The molecule has 0 spiro atoms. The Balaban J connectivity index is 2.01. The predicted octanol–water partition coefficient (Wildman–Crippen LogP) is 4.36. The minimum absolute atomic E-state index is 0.0711. The molecule has 150 valence electrons. The fraction of sp³-hybridized carbons (Fsp3) is 0.238. The van der Waals surface area contributed by atoms with E-state index in [1.807, 2.05) is 0 Å². The van der Waals surface area contributed by atoms with Crippen molar-refractivity contribution < 1.29 is 14.1 Å². The van der Waals surface area contributed by atoms with Crippen LogP contribution in [0.5, 0.6) is 0 Å². The standard InChI is InChI=1S/C21H21FN4O3/c1-14(2)11-12-23-21(27)20-13-19(17-5-3-4-6-18(17)22)24-25(20)15-7-9-16(10-8-15)26(28)29/h3-10,13-14H,11-12H2,1-2H3,(H,23,27). The van der Waals surface area contributed by atoms with Gasteiger partial charge in [-0.05, 0) is 42.7 Å². The minimum atomic E-state index is -0.503. The van der Waals surface area contributed by atoms with Gasteiger partial charge in [0.05, 0.1) is 16.3 Å². The number of halogens is 1. The highest BCUT2D eigenvalue weighted by Crippen LogP contribution is 2.25. The van der Waals surface area contributed by atoms with E-state index in [2.05, 4.69) is 24.3 Å². The zero-order valence-corrected chi connectivity index (χ0v) is 16.1. The Kier molecular flexibility index (Phi) is 6.01. The molecule has 0 fully saturated rings. The number of nitrogens with one attached hydrogen (secondary N) is 1. The maximum absolute atomic E-state index is 14.2. The van der Waals surface area contributed by atoms with Crippen molar-refractivity contribution >= 4 is 11.6 Å². The molecule has 0 atom stereocenters. The monoisotopic (exact) mass is 396 g/mol. The van der Waals surface area contributed by atoms with E-state index in [1.54, 1.807) is 18.2 Å². The van der Waals surface area contributed by atoms with E-state index < -0.39 is 10.7 Å². The number of hydrogen-bond acceptors (Lipinski definition) is 4. The summed E-state index contributed by atoms with van der Waals surface area (Å²) in [6, 6.07) is 13.4. The van der Waals surface area contributed by atoms with Crippen molar-refractivity contribution in [1.82, 2.24) is 15.1 Å². The Hall–Kier alpha value is -3.55. The lowest BCUT2D eigenvalue weighted by Gasteiger charge is -2.09. The second-order valence-electron chi connectivity index (χ2n) is 7.02. The third-order valence-electron chi connectivity index (χ3n) is 4.40. The zero-order chi connectivity index (χ0) is 21.0. The summed E-state index contributed by atoms with van der Waals surface area (Å²) in [4.78, 5) is 23.1. The first-order valence-electron chi connectivity index (χ1n) is 9.25. The molecule has 1 N–H and O–H groups in total. The molecular weight excluding hydrogens is 375 g/mol. The van der Waals surface area contributed by atoms with Crippen molar-refractivity contribution in [2.45, 2.75) is 20.3 Å². The van der Waals surface area contributed by atoms with Crippen LogP contribution in [0.1, 0.15) is 30.8 Å². The third-order valence-corrected chi connectivity index (χ3v) is 4.40. The minimum Gasteiger partial charge on any atom is -0.351 e. The van der Waals surface area contributed by atoms with Crippen LogP contribution in [0.15, 0.2) is 54.6 Å². The number of carbonyl (C=O) groups excluding carboxylic acids is 1. The quantitative estimate of drug-likeness (QED) is 0.474. The van der Waals surface area contributed by atoms with Crippen LogP contribution in [0.25, 0.3) is 16.9 Å². The van der Waals surface area contributed by atoms with E-state index in [9.17, 15) is 19.3 Å². The summed E-state index contributed by atoms with van der Waals surface area (Å²) >= 11 is 0. The lowest BCUT2D eigenvalue weighted by atomic mass is 10.1. The first-order chi connectivity index (χ1) is 13.9. The Labute approximate surface area is 167 Å². The summed E-state index contributed by atoms with van der Waals surface area (Å²) in [5.74, 6) is -0.365. The third kappa shape index (κ3) is 4.66. The first-order valence-corrected chi connectivity index (χ1v) is 9.25. The molecule has 0 unspecified atom stereocenters. The fourth-order valence-electron chi connectivity index (χ4n) is 2.82. The first kappa shape index (κ1) is 20.2.